The van der Waals surface area contributed by atoms with Crippen molar-refractivity contribution in [1.82, 2.24) is 15.5 Å². The number of hydrogen-bond donors (Lipinski definition) is 2. The molecule has 3 aromatic rings. The molecule has 3 rings (SSSR count). The van der Waals surface area contributed by atoms with E-state index >= 15 is 0 Å². The zero-order chi connectivity index (χ0) is 15.4. The van der Waals surface area contributed by atoms with Crippen LogP contribution in [0.4, 0.5) is 0 Å². The first-order valence-corrected chi connectivity index (χ1v) is 6.77. The van der Waals surface area contributed by atoms with E-state index in [1.54, 1.807) is 31.6 Å². The van der Waals surface area contributed by atoms with E-state index in [1.807, 2.05) is 24.3 Å². The second kappa shape index (κ2) is 6.17. The molecule has 0 aliphatic heterocycles. The lowest BCUT2D eigenvalue weighted by atomic mass is 10.2. The van der Waals surface area contributed by atoms with E-state index in [4.69, 9.17) is 9.15 Å². The summed E-state index contributed by atoms with van der Waals surface area (Å²) in [6, 6.07) is 12.8. The summed E-state index contributed by atoms with van der Waals surface area (Å²) in [6.07, 6.45) is 1.57. The van der Waals surface area contributed by atoms with Gasteiger partial charge in [-0.1, -0.05) is 18.2 Å². The smallest absolute Gasteiger partial charge is 0.272 e. The van der Waals surface area contributed by atoms with E-state index in [0.29, 0.717) is 23.7 Å². The molecule has 2 aromatic heterocycles. The number of amides is 1. The number of benzene rings is 1. The lowest BCUT2D eigenvalue weighted by Crippen LogP contribution is -2.23. The van der Waals surface area contributed by atoms with Crippen molar-refractivity contribution < 1.29 is 13.9 Å². The van der Waals surface area contributed by atoms with Gasteiger partial charge in [0.25, 0.3) is 5.91 Å². The second-order valence-electron chi connectivity index (χ2n) is 4.64. The number of para-hydroxylation sites is 1. The Morgan fingerprint density at radius 2 is 2.18 bits per heavy atom. The summed E-state index contributed by atoms with van der Waals surface area (Å²) in [5.41, 5.74) is 1.87. The molecule has 2 N–H and O–H groups in total. The van der Waals surface area contributed by atoms with Gasteiger partial charge in [-0.3, -0.25) is 9.89 Å². The number of carbonyl (C=O) groups is 1. The molecule has 0 spiro atoms. The molecule has 0 atom stereocenters. The van der Waals surface area contributed by atoms with Crippen molar-refractivity contribution in [2.75, 3.05) is 7.11 Å². The standard InChI is InChI=1S/C16H15N3O3/c1-21-14-6-3-2-5-11(14)10-17-16(20)13-9-12(18-19-13)15-7-4-8-22-15/h2-9H,10H2,1H3,(H,17,20)(H,18,19). The molecule has 6 nitrogen and oxygen atoms in total. The van der Waals surface area contributed by atoms with Gasteiger partial charge in [0.15, 0.2) is 11.5 Å². The summed E-state index contributed by atoms with van der Waals surface area (Å²) in [5, 5.41) is 9.60. The van der Waals surface area contributed by atoms with Crippen molar-refractivity contribution in [1.29, 1.82) is 0 Å². The van der Waals surface area contributed by atoms with Crippen molar-refractivity contribution in [3.63, 3.8) is 0 Å². The first-order chi connectivity index (χ1) is 10.8. The fourth-order valence-corrected chi connectivity index (χ4v) is 2.11. The Morgan fingerprint density at radius 1 is 1.32 bits per heavy atom. The maximum atomic E-state index is 12.1. The van der Waals surface area contributed by atoms with Gasteiger partial charge in [0.1, 0.15) is 11.4 Å². The van der Waals surface area contributed by atoms with Gasteiger partial charge in [0.2, 0.25) is 0 Å². The zero-order valence-electron chi connectivity index (χ0n) is 12.0. The highest BCUT2D eigenvalue weighted by molar-refractivity contribution is 5.93. The molecule has 0 bridgehead atoms. The third-order valence-corrected chi connectivity index (χ3v) is 3.23. The second-order valence-corrected chi connectivity index (χ2v) is 4.64. The zero-order valence-corrected chi connectivity index (χ0v) is 12.0. The monoisotopic (exact) mass is 297 g/mol. The molecule has 1 aromatic carbocycles. The maximum absolute atomic E-state index is 12.1. The minimum Gasteiger partial charge on any atom is -0.496 e. The number of aromatic nitrogens is 2. The Hall–Kier alpha value is -3.02. The molecule has 0 saturated carbocycles. The van der Waals surface area contributed by atoms with Gasteiger partial charge in [-0.2, -0.15) is 5.10 Å². The van der Waals surface area contributed by atoms with Crippen molar-refractivity contribution >= 4 is 5.91 Å². The van der Waals surface area contributed by atoms with Crippen LogP contribution in [-0.2, 0) is 6.54 Å². The number of furan rings is 1. The Balaban J connectivity index is 1.67. The Labute approximate surface area is 127 Å². The fourth-order valence-electron chi connectivity index (χ4n) is 2.11. The van der Waals surface area contributed by atoms with Crippen LogP contribution in [-0.4, -0.2) is 23.2 Å². The molecular weight excluding hydrogens is 282 g/mol. The molecule has 0 aliphatic rings. The number of ether oxygens (including phenoxy) is 1. The Bertz CT molecular complexity index is 763. The highest BCUT2D eigenvalue weighted by Gasteiger charge is 2.13. The van der Waals surface area contributed by atoms with Gasteiger partial charge in [-0.25, -0.2) is 0 Å². The van der Waals surface area contributed by atoms with Crippen LogP contribution in [0.25, 0.3) is 11.5 Å². The summed E-state index contributed by atoms with van der Waals surface area (Å²) in [4.78, 5) is 12.1. The lowest BCUT2D eigenvalue weighted by molar-refractivity contribution is 0.0945. The van der Waals surface area contributed by atoms with Gasteiger partial charge in [-0.05, 0) is 18.2 Å². The summed E-state index contributed by atoms with van der Waals surface area (Å²) in [6.45, 7) is 0.367. The molecular formula is C16H15N3O3. The molecule has 6 heteroatoms. The van der Waals surface area contributed by atoms with Gasteiger partial charge in [0.05, 0.1) is 13.4 Å². The molecule has 0 fully saturated rings. The number of hydrogen-bond acceptors (Lipinski definition) is 4. The van der Waals surface area contributed by atoms with Crippen LogP contribution in [0.3, 0.4) is 0 Å². The number of H-pyrrole nitrogens is 1. The van der Waals surface area contributed by atoms with Crippen LogP contribution in [0.2, 0.25) is 0 Å². The van der Waals surface area contributed by atoms with Crippen molar-refractivity contribution in [3.05, 3.63) is 60.0 Å². The summed E-state index contributed by atoms with van der Waals surface area (Å²) >= 11 is 0. The number of methoxy groups -OCH3 is 1. The highest BCUT2D eigenvalue weighted by Crippen LogP contribution is 2.19. The van der Waals surface area contributed by atoms with Crippen molar-refractivity contribution in [2.24, 2.45) is 0 Å². The van der Waals surface area contributed by atoms with E-state index in [2.05, 4.69) is 15.5 Å². The van der Waals surface area contributed by atoms with Gasteiger partial charge >= 0.3 is 0 Å². The largest absolute Gasteiger partial charge is 0.496 e. The molecule has 0 unspecified atom stereocenters. The quantitative estimate of drug-likeness (QED) is 0.758. The first-order valence-electron chi connectivity index (χ1n) is 6.77. The van der Waals surface area contributed by atoms with Crippen LogP contribution in [0.1, 0.15) is 16.1 Å². The summed E-state index contributed by atoms with van der Waals surface area (Å²) in [5.74, 6) is 1.11. The van der Waals surface area contributed by atoms with E-state index in [0.717, 1.165) is 11.3 Å². The molecule has 0 saturated heterocycles. The molecule has 0 aliphatic carbocycles. The molecule has 2 heterocycles. The minimum absolute atomic E-state index is 0.264. The first kappa shape index (κ1) is 13.9. The predicted octanol–water partition coefficient (Wildman–Crippen LogP) is 2.61. The predicted molar refractivity (Wildman–Crippen MR) is 80.5 cm³/mol. The summed E-state index contributed by atoms with van der Waals surface area (Å²) < 4.78 is 10.5. The molecule has 1 amide bonds. The van der Waals surface area contributed by atoms with Gasteiger partial charge in [-0.15, -0.1) is 0 Å². The van der Waals surface area contributed by atoms with Crippen LogP contribution in [0.5, 0.6) is 5.75 Å². The van der Waals surface area contributed by atoms with Crippen LogP contribution >= 0.6 is 0 Å². The SMILES string of the molecule is COc1ccccc1CNC(=O)c1cc(-c2ccco2)[nH]n1. The minimum atomic E-state index is -0.264. The maximum Gasteiger partial charge on any atom is 0.272 e. The molecule has 22 heavy (non-hydrogen) atoms. The van der Waals surface area contributed by atoms with E-state index in [9.17, 15) is 4.79 Å². The van der Waals surface area contributed by atoms with Gasteiger partial charge in [0, 0.05) is 18.2 Å². The van der Waals surface area contributed by atoms with Crippen LogP contribution in [0, 0.1) is 0 Å². The van der Waals surface area contributed by atoms with Crippen LogP contribution in [0.15, 0.2) is 53.1 Å². The van der Waals surface area contributed by atoms with Crippen molar-refractivity contribution in [2.45, 2.75) is 6.54 Å². The molecule has 0 radical (unpaired) electrons. The average Bonchev–Trinajstić information content (AvgIpc) is 3.23. The molecule has 112 valence electrons. The number of carbonyl (C=O) groups excluding carboxylic acids is 1. The fraction of sp³-hybridized carbons (Fsp3) is 0.125. The number of nitrogens with one attached hydrogen (secondary N) is 2. The van der Waals surface area contributed by atoms with E-state index < -0.39 is 0 Å². The summed E-state index contributed by atoms with van der Waals surface area (Å²) in [7, 11) is 1.60. The van der Waals surface area contributed by atoms with Crippen LogP contribution < -0.4 is 10.1 Å². The number of rotatable bonds is 5. The van der Waals surface area contributed by atoms with Gasteiger partial charge < -0.3 is 14.5 Å². The number of nitrogens with zero attached hydrogens (tertiary/aromatic N) is 1. The van der Waals surface area contributed by atoms with E-state index in [1.165, 1.54) is 0 Å². The normalized spacial score (nSPS) is 10.4. The Kier molecular flexibility index (Phi) is 3.91. The van der Waals surface area contributed by atoms with E-state index in [-0.39, 0.29) is 5.91 Å². The highest BCUT2D eigenvalue weighted by atomic mass is 16.5. The third-order valence-electron chi connectivity index (χ3n) is 3.23. The lowest BCUT2D eigenvalue weighted by Gasteiger charge is -2.08. The topological polar surface area (TPSA) is 80.1 Å². The number of aromatic amines is 1. The van der Waals surface area contributed by atoms with Crippen molar-refractivity contribution in [3.8, 4) is 17.2 Å². The third kappa shape index (κ3) is 2.85. The Morgan fingerprint density at radius 3 is 2.95 bits per heavy atom. The average molecular weight is 297 g/mol.